The highest BCUT2D eigenvalue weighted by atomic mass is 32.1. The Balaban J connectivity index is 1.56. The lowest BCUT2D eigenvalue weighted by molar-refractivity contribution is 0.101. The first-order chi connectivity index (χ1) is 15.1. The number of hydrogen-bond acceptors (Lipinski definition) is 7. The molecule has 0 saturated carbocycles. The average Bonchev–Trinajstić information content (AvgIpc) is 3.55. The quantitative estimate of drug-likeness (QED) is 0.296. The van der Waals surface area contributed by atoms with Crippen molar-refractivity contribution >= 4 is 22.7 Å². The lowest BCUT2D eigenvalue weighted by Crippen LogP contribution is -2.26. The van der Waals surface area contributed by atoms with Crippen LogP contribution in [0.4, 0.5) is 0 Å². The number of aliphatic hydroxyl groups is 1. The van der Waals surface area contributed by atoms with E-state index in [4.69, 9.17) is 13.6 Å². The molecule has 4 heterocycles. The summed E-state index contributed by atoms with van der Waals surface area (Å²) in [5.74, 6) is 3.18. The zero-order chi connectivity index (χ0) is 21.7. The molecule has 0 bridgehead atoms. The van der Waals surface area contributed by atoms with E-state index >= 15 is 0 Å². The van der Waals surface area contributed by atoms with E-state index in [2.05, 4.69) is 4.90 Å². The van der Waals surface area contributed by atoms with E-state index in [0.717, 1.165) is 40.0 Å². The highest BCUT2D eigenvalue weighted by molar-refractivity contribution is 7.11. The Bertz CT molecular complexity index is 1020. The van der Waals surface area contributed by atoms with Gasteiger partial charge in [0.05, 0.1) is 13.1 Å². The second-order valence-corrected chi connectivity index (χ2v) is 9.40. The summed E-state index contributed by atoms with van der Waals surface area (Å²) in [6.45, 7) is 4.81. The zero-order valence-corrected chi connectivity index (χ0v) is 19.4. The summed E-state index contributed by atoms with van der Waals surface area (Å²) < 4.78 is 17.2. The summed E-state index contributed by atoms with van der Waals surface area (Å²) in [7, 11) is 1.72. The molecule has 0 unspecified atom stereocenters. The lowest BCUT2D eigenvalue weighted by Gasteiger charge is -2.24. The molecule has 31 heavy (non-hydrogen) atoms. The number of methoxy groups -OCH3 is 1. The topological polar surface area (TPSA) is 59.0 Å². The van der Waals surface area contributed by atoms with E-state index < -0.39 is 5.60 Å². The molecule has 0 aromatic carbocycles. The second-order valence-electron chi connectivity index (χ2n) is 7.50. The Morgan fingerprint density at radius 3 is 2.13 bits per heavy atom. The van der Waals surface area contributed by atoms with Gasteiger partial charge in [-0.1, -0.05) is 12.1 Å². The standard InChI is InChI=1S/C24H27NO4S2/c1-18-8-9-19(28-18)16-25(12-5-13-27-2)17-20-10-11-21(29-20)24(26,22-6-3-14-30-22)23-7-4-15-31-23/h3-4,6-11,14-15,26H,5,12-13,16-17H2,1-2H3. The van der Waals surface area contributed by atoms with Crippen molar-refractivity contribution in [3.63, 3.8) is 0 Å². The fraction of sp³-hybridized carbons (Fsp3) is 0.333. The number of furan rings is 2. The van der Waals surface area contributed by atoms with Crippen molar-refractivity contribution in [2.45, 2.75) is 32.0 Å². The fourth-order valence-corrected chi connectivity index (χ4v) is 5.40. The van der Waals surface area contributed by atoms with Crippen molar-refractivity contribution in [3.05, 3.63) is 92.1 Å². The van der Waals surface area contributed by atoms with Gasteiger partial charge in [-0.05, 0) is 60.5 Å². The lowest BCUT2D eigenvalue weighted by atomic mass is 9.97. The maximum Gasteiger partial charge on any atom is 0.191 e. The number of aryl methyl sites for hydroxylation is 1. The first-order valence-electron chi connectivity index (χ1n) is 10.3. The van der Waals surface area contributed by atoms with Gasteiger partial charge in [-0.2, -0.15) is 0 Å². The van der Waals surface area contributed by atoms with Gasteiger partial charge in [0.15, 0.2) is 5.60 Å². The van der Waals surface area contributed by atoms with E-state index in [9.17, 15) is 5.11 Å². The number of ether oxygens (including phenoxy) is 1. The minimum atomic E-state index is -1.28. The number of nitrogens with zero attached hydrogens (tertiary/aromatic N) is 1. The Hall–Kier alpha value is -2.16. The van der Waals surface area contributed by atoms with Gasteiger partial charge in [0.1, 0.15) is 23.0 Å². The molecule has 0 fully saturated rings. The molecule has 0 aliphatic heterocycles. The van der Waals surface area contributed by atoms with Crippen LogP contribution >= 0.6 is 22.7 Å². The van der Waals surface area contributed by atoms with Crippen molar-refractivity contribution in [1.29, 1.82) is 0 Å². The van der Waals surface area contributed by atoms with E-state index in [1.807, 2.05) is 66.2 Å². The van der Waals surface area contributed by atoms with Crippen LogP contribution in [-0.4, -0.2) is 30.3 Å². The van der Waals surface area contributed by atoms with Crippen molar-refractivity contribution < 1.29 is 18.7 Å². The van der Waals surface area contributed by atoms with Gasteiger partial charge < -0.3 is 18.7 Å². The van der Waals surface area contributed by atoms with Gasteiger partial charge in [-0.25, -0.2) is 0 Å². The van der Waals surface area contributed by atoms with Crippen LogP contribution in [0.15, 0.2) is 68.1 Å². The molecule has 4 aromatic heterocycles. The van der Waals surface area contributed by atoms with Crippen LogP contribution in [0.5, 0.6) is 0 Å². The molecular formula is C24H27NO4S2. The third-order valence-electron chi connectivity index (χ3n) is 5.15. The van der Waals surface area contributed by atoms with Crippen molar-refractivity contribution in [2.75, 3.05) is 20.3 Å². The highest BCUT2D eigenvalue weighted by Crippen LogP contribution is 2.41. The number of thiophene rings is 2. The van der Waals surface area contributed by atoms with Crippen LogP contribution in [0.2, 0.25) is 0 Å². The predicted molar refractivity (Wildman–Crippen MR) is 123 cm³/mol. The molecule has 7 heteroatoms. The van der Waals surface area contributed by atoms with Gasteiger partial charge >= 0.3 is 0 Å². The minimum absolute atomic E-state index is 0.540. The fourth-order valence-electron chi connectivity index (χ4n) is 3.65. The maximum atomic E-state index is 11.7. The van der Waals surface area contributed by atoms with Crippen LogP contribution in [0.3, 0.4) is 0 Å². The Kier molecular flexibility index (Phi) is 7.09. The Morgan fingerprint density at radius 2 is 1.58 bits per heavy atom. The Morgan fingerprint density at radius 1 is 0.935 bits per heavy atom. The minimum Gasteiger partial charge on any atom is -0.465 e. The SMILES string of the molecule is COCCCN(Cc1ccc(C)o1)Cc1ccc(C(O)(c2cccs2)c2cccs2)o1. The summed E-state index contributed by atoms with van der Waals surface area (Å²) in [6, 6.07) is 15.6. The zero-order valence-electron chi connectivity index (χ0n) is 17.7. The van der Waals surface area contributed by atoms with Crippen LogP contribution < -0.4 is 0 Å². The molecule has 4 aromatic rings. The molecule has 5 nitrogen and oxygen atoms in total. The van der Waals surface area contributed by atoms with Crippen LogP contribution in [0.25, 0.3) is 0 Å². The highest BCUT2D eigenvalue weighted by Gasteiger charge is 2.39. The third kappa shape index (κ3) is 5.02. The summed E-state index contributed by atoms with van der Waals surface area (Å²) in [6.07, 6.45) is 0.915. The summed E-state index contributed by atoms with van der Waals surface area (Å²) in [5, 5.41) is 15.7. The van der Waals surface area contributed by atoms with Crippen LogP contribution in [0.1, 0.15) is 39.2 Å². The molecule has 4 rings (SSSR count). The first-order valence-corrected chi connectivity index (χ1v) is 12.0. The van der Waals surface area contributed by atoms with Gasteiger partial charge in [0.25, 0.3) is 0 Å². The molecule has 0 spiro atoms. The van der Waals surface area contributed by atoms with Gasteiger partial charge in [0.2, 0.25) is 0 Å². The average molecular weight is 458 g/mol. The molecule has 0 amide bonds. The smallest absolute Gasteiger partial charge is 0.191 e. The predicted octanol–water partition coefficient (Wildman–Crippen LogP) is 5.63. The molecule has 1 N–H and O–H groups in total. The van der Waals surface area contributed by atoms with Gasteiger partial charge in [-0.15, -0.1) is 22.7 Å². The van der Waals surface area contributed by atoms with Crippen LogP contribution in [-0.2, 0) is 23.4 Å². The molecule has 0 aliphatic rings. The molecule has 0 radical (unpaired) electrons. The number of hydrogen-bond donors (Lipinski definition) is 1. The van der Waals surface area contributed by atoms with Crippen molar-refractivity contribution in [3.8, 4) is 0 Å². The molecule has 0 aliphatic carbocycles. The van der Waals surface area contributed by atoms with E-state index in [-0.39, 0.29) is 0 Å². The monoisotopic (exact) mass is 457 g/mol. The first kappa shape index (κ1) is 22.0. The number of rotatable bonds is 11. The van der Waals surface area contributed by atoms with E-state index in [1.165, 1.54) is 22.7 Å². The molecule has 164 valence electrons. The molecule has 0 atom stereocenters. The van der Waals surface area contributed by atoms with Gasteiger partial charge in [0, 0.05) is 30.0 Å². The Labute approximate surface area is 190 Å². The van der Waals surface area contributed by atoms with E-state index in [0.29, 0.717) is 25.5 Å². The normalized spacial score (nSPS) is 12.1. The molecular weight excluding hydrogens is 430 g/mol. The van der Waals surface area contributed by atoms with E-state index in [1.54, 1.807) is 7.11 Å². The summed E-state index contributed by atoms with van der Waals surface area (Å²) >= 11 is 3.05. The largest absolute Gasteiger partial charge is 0.465 e. The summed E-state index contributed by atoms with van der Waals surface area (Å²) in [5.41, 5.74) is -1.28. The third-order valence-corrected chi connectivity index (χ3v) is 7.11. The van der Waals surface area contributed by atoms with Crippen molar-refractivity contribution in [2.24, 2.45) is 0 Å². The summed E-state index contributed by atoms with van der Waals surface area (Å²) in [4.78, 5) is 3.97. The maximum absolute atomic E-state index is 11.7. The van der Waals surface area contributed by atoms with Crippen LogP contribution in [0, 0.1) is 6.92 Å². The second kappa shape index (κ2) is 9.97. The van der Waals surface area contributed by atoms with Crippen molar-refractivity contribution in [1.82, 2.24) is 4.90 Å². The van der Waals surface area contributed by atoms with Gasteiger partial charge in [-0.3, -0.25) is 4.90 Å². The molecule has 0 saturated heterocycles.